The van der Waals surface area contributed by atoms with E-state index in [1.807, 2.05) is 48.5 Å². The Morgan fingerprint density at radius 2 is 1.79 bits per heavy atom. The number of anilines is 1. The average molecular weight is 463 g/mol. The highest BCUT2D eigenvalue weighted by Crippen LogP contribution is 2.46. The molecule has 2 aromatic rings. The summed E-state index contributed by atoms with van der Waals surface area (Å²) in [5.41, 5.74) is 2.06. The van der Waals surface area contributed by atoms with Crippen LogP contribution in [0.15, 0.2) is 48.5 Å². The first-order chi connectivity index (χ1) is 13.2. The molecule has 0 spiro atoms. The van der Waals surface area contributed by atoms with Crippen molar-refractivity contribution in [2.45, 2.75) is 46.1 Å². The number of halogens is 1. The molecule has 1 radical (unpaired) electrons. The second-order valence-corrected chi connectivity index (χ2v) is 10.5. The van der Waals surface area contributed by atoms with Gasteiger partial charge >= 0.3 is 0 Å². The number of carbonyl (C=O) groups is 1. The van der Waals surface area contributed by atoms with Crippen LogP contribution in [0.5, 0.6) is 5.75 Å². The van der Waals surface area contributed by atoms with Crippen LogP contribution >= 0.6 is 15.9 Å². The lowest BCUT2D eigenvalue weighted by Gasteiger charge is -2.45. The van der Waals surface area contributed by atoms with Gasteiger partial charge in [0, 0.05) is 5.33 Å². The monoisotopic (exact) mass is 462 g/mol. The molecule has 0 aromatic heterocycles. The van der Waals surface area contributed by atoms with Gasteiger partial charge in [-0.05, 0) is 41.8 Å². The van der Waals surface area contributed by atoms with E-state index in [-0.39, 0.29) is 5.41 Å². The number of carbonyl (C=O) groups excluding carboxylic acids is 1. The van der Waals surface area contributed by atoms with Crippen molar-refractivity contribution < 1.29 is 14.0 Å². The number of amides is 1. The Kier molecular flexibility index (Phi) is 7.86. The fourth-order valence-electron chi connectivity index (χ4n) is 3.12. The second kappa shape index (κ2) is 9.72. The summed E-state index contributed by atoms with van der Waals surface area (Å²) in [6.07, 6.45) is 0.678. The number of ether oxygens (including phenoxy) is 1. The molecule has 0 aliphatic carbocycles. The standard InChI is InChI=1S/C22H29BrNO3Si/c1-21(2,3)22(15-23,27-28(4)5)18-11-12-20(19(13-18)24-16-25)26-14-17-9-7-6-8-10-17/h6-13,16H,14-15H2,1-5H3,(H,24,25)/t22-/m0/s1. The summed E-state index contributed by atoms with van der Waals surface area (Å²) in [5, 5.41) is 3.44. The molecular weight excluding hydrogens is 434 g/mol. The largest absolute Gasteiger partial charge is 0.487 e. The van der Waals surface area contributed by atoms with Crippen LogP contribution in [0.4, 0.5) is 5.69 Å². The van der Waals surface area contributed by atoms with Gasteiger partial charge in [0.25, 0.3) is 0 Å². The van der Waals surface area contributed by atoms with Gasteiger partial charge in [0.2, 0.25) is 15.5 Å². The van der Waals surface area contributed by atoms with Gasteiger partial charge in [0.05, 0.1) is 11.3 Å². The van der Waals surface area contributed by atoms with E-state index in [1.54, 1.807) is 0 Å². The first kappa shape index (κ1) is 22.7. The van der Waals surface area contributed by atoms with Crippen LogP contribution in [0.1, 0.15) is 31.9 Å². The molecule has 0 unspecified atom stereocenters. The highest BCUT2D eigenvalue weighted by atomic mass is 79.9. The van der Waals surface area contributed by atoms with E-state index in [2.05, 4.69) is 55.1 Å². The van der Waals surface area contributed by atoms with Crippen LogP contribution in [0.2, 0.25) is 13.1 Å². The van der Waals surface area contributed by atoms with Crippen LogP contribution in [-0.2, 0) is 21.4 Å². The number of hydrogen-bond donors (Lipinski definition) is 1. The van der Waals surface area contributed by atoms with Crippen LogP contribution in [0, 0.1) is 5.41 Å². The van der Waals surface area contributed by atoms with E-state index < -0.39 is 14.6 Å². The van der Waals surface area contributed by atoms with Crippen molar-refractivity contribution in [2.24, 2.45) is 5.41 Å². The molecule has 2 aromatic carbocycles. The molecule has 0 heterocycles. The van der Waals surface area contributed by atoms with Gasteiger partial charge in [-0.25, -0.2) is 0 Å². The number of nitrogens with one attached hydrogen (secondary N) is 1. The van der Waals surface area contributed by atoms with Crippen molar-refractivity contribution in [3.63, 3.8) is 0 Å². The predicted molar refractivity (Wildman–Crippen MR) is 120 cm³/mol. The fraction of sp³-hybridized carbons (Fsp3) is 0.409. The third-order valence-corrected chi connectivity index (χ3v) is 6.22. The van der Waals surface area contributed by atoms with Crippen LogP contribution < -0.4 is 10.1 Å². The van der Waals surface area contributed by atoms with E-state index >= 15 is 0 Å². The van der Waals surface area contributed by atoms with Crippen molar-refractivity contribution in [2.75, 3.05) is 10.6 Å². The molecule has 0 saturated heterocycles. The number of hydrogen-bond acceptors (Lipinski definition) is 3. The van der Waals surface area contributed by atoms with E-state index in [1.165, 1.54) is 0 Å². The molecular formula is C22H29BrNO3Si. The topological polar surface area (TPSA) is 47.6 Å². The molecule has 0 aliphatic rings. The van der Waals surface area contributed by atoms with Gasteiger partial charge in [0.1, 0.15) is 12.4 Å². The Hall–Kier alpha value is -1.63. The minimum Gasteiger partial charge on any atom is -0.487 e. The highest BCUT2D eigenvalue weighted by Gasteiger charge is 2.44. The molecule has 0 aliphatic heterocycles. The minimum absolute atomic E-state index is 0.150. The summed E-state index contributed by atoms with van der Waals surface area (Å²) in [7, 11) is -0.964. The second-order valence-electron chi connectivity index (χ2n) is 7.97. The molecule has 0 bridgehead atoms. The van der Waals surface area contributed by atoms with E-state index in [4.69, 9.17) is 9.16 Å². The smallest absolute Gasteiger partial charge is 0.211 e. The van der Waals surface area contributed by atoms with Crippen LogP contribution in [-0.4, -0.2) is 20.8 Å². The van der Waals surface area contributed by atoms with Gasteiger partial charge in [-0.1, -0.05) is 73.1 Å². The highest BCUT2D eigenvalue weighted by molar-refractivity contribution is 9.09. The summed E-state index contributed by atoms with van der Waals surface area (Å²) in [4.78, 5) is 11.2. The normalized spacial score (nSPS) is 13.8. The van der Waals surface area contributed by atoms with Gasteiger partial charge in [-0.3, -0.25) is 4.79 Å². The van der Waals surface area contributed by atoms with E-state index in [0.29, 0.717) is 29.8 Å². The molecule has 0 fully saturated rings. The lowest BCUT2D eigenvalue weighted by molar-refractivity contribution is -0.105. The molecule has 151 valence electrons. The third kappa shape index (κ3) is 5.24. The fourth-order valence-corrected chi connectivity index (χ4v) is 5.80. The Morgan fingerprint density at radius 1 is 1.11 bits per heavy atom. The summed E-state index contributed by atoms with van der Waals surface area (Å²) >= 11 is 3.69. The van der Waals surface area contributed by atoms with Crippen molar-refractivity contribution in [3.05, 3.63) is 59.7 Å². The molecule has 0 saturated carbocycles. The zero-order valence-corrected chi connectivity index (χ0v) is 19.8. The van der Waals surface area contributed by atoms with Crippen molar-refractivity contribution >= 4 is 37.1 Å². The molecule has 1 atom stereocenters. The van der Waals surface area contributed by atoms with Crippen molar-refractivity contribution in [1.29, 1.82) is 0 Å². The molecule has 6 heteroatoms. The number of rotatable bonds is 9. The molecule has 28 heavy (non-hydrogen) atoms. The predicted octanol–water partition coefficient (Wildman–Crippen LogP) is 5.74. The molecule has 1 amide bonds. The van der Waals surface area contributed by atoms with Crippen LogP contribution in [0.25, 0.3) is 0 Å². The van der Waals surface area contributed by atoms with Gasteiger partial charge in [-0.2, -0.15) is 0 Å². The zero-order chi connectivity index (χ0) is 20.8. The lowest BCUT2D eigenvalue weighted by atomic mass is 9.73. The first-order valence-corrected chi connectivity index (χ1v) is 12.8. The molecule has 2 rings (SSSR count). The Labute approximate surface area is 178 Å². The van der Waals surface area contributed by atoms with Gasteiger partial charge < -0.3 is 14.5 Å². The zero-order valence-electron chi connectivity index (χ0n) is 17.2. The molecule has 4 nitrogen and oxygen atoms in total. The first-order valence-electron chi connectivity index (χ1n) is 9.30. The summed E-state index contributed by atoms with van der Waals surface area (Å²) in [6, 6.07) is 15.9. The van der Waals surface area contributed by atoms with Gasteiger partial charge in [-0.15, -0.1) is 0 Å². The van der Waals surface area contributed by atoms with E-state index in [0.717, 1.165) is 11.1 Å². The Balaban J connectivity index is 2.41. The van der Waals surface area contributed by atoms with E-state index in [9.17, 15) is 4.79 Å². The number of alkyl halides is 1. The summed E-state index contributed by atoms with van der Waals surface area (Å²) < 4.78 is 12.5. The maximum atomic E-state index is 11.2. The summed E-state index contributed by atoms with van der Waals surface area (Å²) in [5.74, 6) is 0.635. The van der Waals surface area contributed by atoms with Gasteiger partial charge in [0.15, 0.2) is 0 Å². The van der Waals surface area contributed by atoms with Crippen molar-refractivity contribution in [3.8, 4) is 5.75 Å². The average Bonchev–Trinajstić information content (AvgIpc) is 2.65. The lowest BCUT2D eigenvalue weighted by Crippen LogP contribution is -2.47. The maximum Gasteiger partial charge on any atom is 0.211 e. The third-order valence-electron chi connectivity index (χ3n) is 4.68. The summed E-state index contributed by atoms with van der Waals surface area (Å²) in [6.45, 7) is 11.2. The van der Waals surface area contributed by atoms with Crippen molar-refractivity contribution in [1.82, 2.24) is 0 Å². The maximum absolute atomic E-state index is 11.2. The Morgan fingerprint density at radius 3 is 2.32 bits per heavy atom. The molecule has 1 N–H and O–H groups in total. The minimum atomic E-state index is -0.964. The SMILES string of the molecule is C[Si](C)O[C@@](CBr)(c1ccc(OCc2ccccc2)c(NC=O)c1)C(C)(C)C. The van der Waals surface area contributed by atoms with Crippen LogP contribution in [0.3, 0.4) is 0 Å². The number of benzene rings is 2. The quantitative estimate of drug-likeness (QED) is 0.293. The Bertz CT molecular complexity index is 777.